The molecular formula is C16H17ClO2. The van der Waals surface area contributed by atoms with Crippen LogP contribution in [0.2, 0.25) is 5.02 Å². The van der Waals surface area contributed by atoms with Gasteiger partial charge in [0.25, 0.3) is 0 Å². The zero-order valence-electron chi connectivity index (χ0n) is 11.1. The molecule has 0 bridgehead atoms. The fraction of sp³-hybridized carbons (Fsp3) is 0.250. The van der Waals surface area contributed by atoms with Gasteiger partial charge in [0.1, 0.15) is 11.4 Å². The van der Waals surface area contributed by atoms with Crippen molar-refractivity contribution in [1.82, 2.24) is 0 Å². The van der Waals surface area contributed by atoms with E-state index < -0.39 is 5.60 Å². The van der Waals surface area contributed by atoms with Crippen LogP contribution in [0.1, 0.15) is 25.0 Å². The van der Waals surface area contributed by atoms with Crippen molar-refractivity contribution in [2.24, 2.45) is 0 Å². The van der Waals surface area contributed by atoms with Crippen LogP contribution in [-0.4, -0.2) is 11.7 Å². The maximum Gasteiger partial charge on any atom is 0.125 e. The van der Waals surface area contributed by atoms with Crippen molar-refractivity contribution in [1.29, 1.82) is 0 Å². The van der Waals surface area contributed by atoms with Crippen LogP contribution in [0.25, 0.3) is 0 Å². The molecule has 19 heavy (non-hydrogen) atoms. The Labute approximate surface area is 118 Å². The zero-order chi connectivity index (χ0) is 13.9. The molecule has 0 aliphatic carbocycles. The highest BCUT2D eigenvalue weighted by Gasteiger charge is 2.28. The third kappa shape index (κ3) is 2.91. The van der Waals surface area contributed by atoms with Crippen molar-refractivity contribution in [3.8, 4) is 5.75 Å². The summed E-state index contributed by atoms with van der Waals surface area (Å²) in [6, 6.07) is 14.7. The molecule has 0 fully saturated rings. The fourth-order valence-corrected chi connectivity index (χ4v) is 2.29. The molecule has 0 amide bonds. The lowest BCUT2D eigenvalue weighted by atomic mass is 9.87. The summed E-state index contributed by atoms with van der Waals surface area (Å²) in [5, 5.41) is 11.5. The van der Waals surface area contributed by atoms with E-state index in [2.05, 4.69) is 0 Å². The molecule has 1 N–H and O–H groups in total. The number of aliphatic hydroxyl groups is 1. The molecule has 1 atom stereocenters. The predicted molar refractivity (Wildman–Crippen MR) is 77.7 cm³/mol. The first-order chi connectivity index (χ1) is 9.05. The lowest BCUT2D eigenvalue weighted by Gasteiger charge is -2.26. The minimum absolute atomic E-state index is 0.558. The van der Waals surface area contributed by atoms with Crippen LogP contribution in [0.3, 0.4) is 0 Å². The second kappa shape index (κ2) is 5.64. The molecule has 2 rings (SSSR count). The van der Waals surface area contributed by atoms with E-state index in [0.29, 0.717) is 17.4 Å². The summed E-state index contributed by atoms with van der Waals surface area (Å²) < 4.78 is 5.58. The highest BCUT2D eigenvalue weighted by Crippen LogP contribution is 2.36. The van der Waals surface area contributed by atoms with Gasteiger partial charge >= 0.3 is 0 Å². The first-order valence-corrected chi connectivity index (χ1v) is 6.64. The van der Waals surface area contributed by atoms with Gasteiger partial charge in [-0.25, -0.2) is 0 Å². The monoisotopic (exact) mass is 276 g/mol. The van der Waals surface area contributed by atoms with Crippen LogP contribution in [0.4, 0.5) is 0 Å². The molecule has 0 spiro atoms. The Morgan fingerprint density at radius 2 is 1.89 bits per heavy atom. The van der Waals surface area contributed by atoms with E-state index in [0.717, 1.165) is 11.1 Å². The molecule has 0 aliphatic heterocycles. The van der Waals surface area contributed by atoms with E-state index in [1.807, 2.05) is 43.3 Å². The average Bonchev–Trinajstić information content (AvgIpc) is 2.39. The summed E-state index contributed by atoms with van der Waals surface area (Å²) in [5.74, 6) is 0.690. The SMILES string of the molecule is CCOc1ccccc1C(C)(O)c1cccc(Cl)c1. The summed E-state index contributed by atoms with van der Waals surface area (Å²) in [4.78, 5) is 0. The van der Waals surface area contributed by atoms with Gasteiger partial charge in [-0.3, -0.25) is 0 Å². The van der Waals surface area contributed by atoms with Gasteiger partial charge in [-0.15, -0.1) is 0 Å². The van der Waals surface area contributed by atoms with E-state index >= 15 is 0 Å². The van der Waals surface area contributed by atoms with Gasteiger partial charge in [-0.1, -0.05) is 41.9 Å². The molecule has 100 valence electrons. The van der Waals surface area contributed by atoms with Gasteiger partial charge in [0.15, 0.2) is 0 Å². The van der Waals surface area contributed by atoms with E-state index in [4.69, 9.17) is 16.3 Å². The molecule has 0 saturated carbocycles. The smallest absolute Gasteiger partial charge is 0.125 e. The largest absolute Gasteiger partial charge is 0.493 e. The maximum atomic E-state index is 10.9. The van der Waals surface area contributed by atoms with Gasteiger partial charge in [-0.2, -0.15) is 0 Å². The van der Waals surface area contributed by atoms with E-state index in [1.165, 1.54) is 0 Å². The average molecular weight is 277 g/mol. The number of para-hydroxylation sites is 1. The Bertz CT molecular complexity index is 564. The highest BCUT2D eigenvalue weighted by atomic mass is 35.5. The lowest BCUT2D eigenvalue weighted by Crippen LogP contribution is -2.23. The minimum Gasteiger partial charge on any atom is -0.493 e. The van der Waals surface area contributed by atoms with Gasteiger partial charge in [0.05, 0.1) is 6.61 Å². The number of ether oxygens (including phenoxy) is 1. The van der Waals surface area contributed by atoms with E-state index in [1.54, 1.807) is 19.1 Å². The van der Waals surface area contributed by atoms with Crippen LogP contribution in [-0.2, 0) is 5.60 Å². The second-order valence-corrected chi connectivity index (χ2v) is 4.95. The highest BCUT2D eigenvalue weighted by molar-refractivity contribution is 6.30. The second-order valence-electron chi connectivity index (χ2n) is 4.51. The van der Waals surface area contributed by atoms with Crippen LogP contribution in [0.5, 0.6) is 5.75 Å². The fourth-order valence-electron chi connectivity index (χ4n) is 2.10. The molecule has 0 aromatic heterocycles. The molecule has 0 saturated heterocycles. The third-order valence-electron chi connectivity index (χ3n) is 3.10. The van der Waals surface area contributed by atoms with Crippen LogP contribution < -0.4 is 4.74 Å². The van der Waals surface area contributed by atoms with Gasteiger partial charge in [-0.05, 0) is 37.6 Å². The van der Waals surface area contributed by atoms with Crippen LogP contribution in [0.15, 0.2) is 48.5 Å². The molecule has 1 unspecified atom stereocenters. The summed E-state index contributed by atoms with van der Waals surface area (Å²) in [5.41, 5.74) is 0.336. The Balaban J connectivity index is 2.50. The Hall–Kier alpha value is -1.51. The molecule has 2 aromatic rings. The normalized spacial score (nSPS) is 13.9. The summed E-state index contributed by atoms with van der Waals surface area (Å²) in [7, 11) is 0. The maximum absolute atomic E-state index is 10.9. The van der Waals surface area contributed by atoms with Crippen molar-refractivity contribution < 1.29 is 9.84 Å². The van der Waals surface area contributed by atoms with Crippen LogP contribution >= 0.6 is 11.6 Å². The van der Waals surface area contributed by atoms with Crippen molar-refractivity contribution in [2.45, 2.75) is 19.4 Å². The summed E-state index contributed by atoms with van der Waals surface area (Å²) >= 11 is 6.00. The lowest BCUT2D eigenvalue weighted by molar-refractivity contribution is 0.0981. The van der Waals surface area contributed by atoms with Crippen molar-refractivity contribution >= 4 is 11.6 Å². The predicted octanol–water partition coefficient (Wildman–Crippen LogP) is 3.99. The zero-order valence-corrected chi connectivity index (χ0v) is 11.8. The summed E-state index contributed by atoms with van der Waals surface area (Å²) in [6.45, 7) is 4.23. The number of halogens is 1. The first kappa shape index (κ1) is 13.9. The van der Waals surface area contributed by atoms with Crippen molar-refractivity contribution in [2.75, 3.05) is 6.61 Å². The molecule has 2 aromatic carbocycles. The molecule has 2 nitrogen and oxygen atoms in total. The number of hydrogen-bond acceptors (Lipinski definition) is 2. The Kier molecular flexibility index (Phi) is 4.13. The van der Waals surface area contributed by atoms with E-state index in [-0.39, 0.29) is 0 Å². The third-order valence-corrected chi connectivity index (χ3v) is 3.33. The van der Waals surface area contributed by atoms with Gasteiger partial charge < -0.3 is 9.84 Å². The van der Waals surface area contributed by atoms with E-state index in [9.17, 15) is 5.11 Å². The summed E-state index contributed by atoms with van der Waals surface area (Å²) in [6.07, 6.45) is 0. The Morgan fingerprint density at radius 1 is 1.16 bits per heavy atom. The topological polar surface area (TPSA) is 29.5 Å². The molecule has 0 aliphatic rings. The molecular weight excluding hydrogens is 260 g/mol. The molecule has 3 heteroatoms. The standard InChI is InChI=1S/C16H17ClO2/c1-3-19-15-10-5-4-9-14(15)16(2,18)12-7-6-8-13(17)11-12/h4-11,18H,3H2,1-2H3. The Morgan fingerprint density at radius 3 is 2.58 bits per heavy atom. The van der Waals surface area contributed by atoms with Crippen LogP contribution in [0, 0.1) is 0 Å². The number of benzene rings is 2. The molecule has 0 heterocycles. The van der Waals surface area contributed by atoms with Crippen molar-refractivity contribution in [3.63, 3.8) is 0 Å². The number of hydrogen-bond donors (Lipinski definition) is 1. The molecule has 0 radical (unpaired) electrons. The minimum atomic E-state index is -1.14. The van der Waals surface area contributed by atoms with Gasteiger partial charge in [0.2, 0.25) is 0 Å². The van der Waals surface area contributed by atoms with Crippen molar-refractivity contribution in [3.05, 3.63) is 64.7 Å². The van der Waals surface area contributed by atoms with Gasteiger partial charge in [0, 0.05) is 10.6 Å². The quantitative estimate of drug-likeness (QED) is 0.915. The number of rotatable bonds is 4. The first-order valence-electron chi connectivity index (χ1n) is 6.26.